The zero-order valence-electron chi connectivity index (χ0n) is 11.4. The van der Waals surface area contributed by atoms with Crippen molar-refractivity contribution in [3.63, 3.8) is 0 Å². The smallest absolute Gasteiger partial charge is 0.313 e. The molecule has 3 heteroatoms. The minimum atomic E-state index is -0.298. The van der Waals surface area contributed by atoms with Crippen molar-refractivity contribution < 1.29 is 14.3 Å². The molecule has 1 atom stereocenters. The zero-order valence-corrected chi connectivity index (χ0v) is 11.4. The summed E-state index contributed by atoms with van der Waals surface area (Å²) in [5.41, 5.74) is 1.55. The van der Waals surface area contributed by atoms with Gasteiger partial charge in [-0.05, 0) is 19.4 Å². The third-order valence-electron chi connectivity index (χ3n) is 2.86. The van der Waals surface area contributed by atoms with Crippen LogP contribution in [0, 0.1) is 5.92 Å². The summed E-state index contributed by atoms with van der Waals surface area (Å²) < 4.78 is 4.97. The summed E-state index contributed by atoms with van der Waals surface area (Å²) in [6, 6.07) is 7.18. The molecule has 0 bridgehead atoms. The maximum absolute atomic E-state index is 11.8. The highest BCUT2D eigenvalue weighted by Gasteiger charge is 2.17. The quantitative estimate of drug-likeness (QED) is 0.593. The van der Waals surface area contributed by atoms with E-state index in [4.69, 9.17) is 4.74 Å². The first-order valence-electron chi connectivity index (χ1n) is 6.28. The van der Waals surface area contributed by atoms with Crippen LogP contribution in [0.1, 0.15) is 49.5 Å². The lowest BCUT2D eigenvalue weighted by Gasteiger charge is -2.11. The SMILES string of the molecule is CCOC(=O)[C@H](C)c1ccc(C(=O)C(C)C)cc1. The molecule has 0 heterocycles. The van der Waals surface area contributed by atoms with Gasteiger partial charge in [0.2, 0.25) is 0 Å². The number of carbonyl (C=O) groups is 2. The maximum atomic E-state index is 11.8. The highest BCUT2D eigenvalue weighted by molar-refractivity contribution is 5.97. The molecular weight excluding hydrogens is 228 g/mol. The summed E-state index contributed by atoms with van der Waals surface area (Å²) in [4.78, 5) is 23.4. The lowest BCUT2D eigenvalue weighted by atomic mass is 9.96. The fraction of sp³-hybridized carbons (Fsp3) is 0.467. The molecule has 0 aliphatic carbocycles. The van der Waals surface area contributed by atoms with E-state index >= 15 is 0 Å². The monoisotopic (exact) mass is 248 g/mol. The Kier molecular flexibility index (Phi) is 5.08. The number of carbonyl (C=O) groups excluding carboxylic acids is 2. The average molecular weight is 248 g/mol. The third kappa shape index (κ3) is 3.42. The molecule has 0 aliphatic heterocycles. The Bertz CT molecular complexity index is 418. The number of ether oxygens (including phenoxy) is 1. The van der Waals surface area contributed by atoms with Crippen molar-refractivity contribution in [3.05, 3.63) is 35.4 Å². The molecule has 1 aromatic rings. The fourth-order valence-electron chi connectivity index (χ4n) is 1.67. The molecule has 0 unspecified atom stereocenters. The number of hydrogen-bond acceptors (Lipinski definition) is 3. The van der Waals surface area contributed by atoms with Crippen molar-refractivity contribution in [2.45, 2.75) is 33.6 Å². The number of esters is 1. The van der Waals surface area contributed by atoms with Crippen LogP contribution in [0.3, 0.4) is 0 Å². The normalized spacial score (nSPS) is 12.3. The predicted octanol–water partition coefficient (Wildman–Crippen LogP) is 3.19. The van der Waals surface area contributed by atoms with Crippen molar-refractivity contribution in [1.29, 1.82) is 0 Å². The average Bonchev–Trinajstić information content (AvgIpc) is 2.37. The predicted molar refractivity (Wildman–Crippen MR) is 70.7 cm³/mol. The Morgan fingerprint density at radius 2 is 1.67 bits per heavy atom. The fourth-order valence-corrected chi connectivity index (χ4v) is 1.67. The lowest BCUT2D eigenvalue weighted by Crippen LogP contribution is -2.13. The summed E-state index contributed by atoms with van der Waals surface area (Å²) in [6.45, 7) is 7.72. The summed E-state index contributed by atoms with van der Waals surface area (Å²) in [7, 11) is 0. The molecule has 0 fully saturated rings. The van der Waals surface area contributed by atoms with Gasteiger partial charge in [-0.25, -0.2) is 0 Å². The summed E-state index contributed by atoms with van der Waals surface area (Å²) in [5.74, 6) is -0.433. The molecule has 0 aromatic heterocycles. The Labute approximate surface area is 108 Å². The van der Waals surface area contributed by atoms with Gasteiger partial charge in [0.25, 0.3) is 0 Å². The molecule has 0 saturated carbocycles. The Hall–Kier alpha value is -1.64. The minimum Gasteiger partial charge on any atom is -0.466 e. The minimum absolute atomic E-state index is 0.0154. The standard InChI is InChI=1S/C15H20O3/c1-5-18-15(17)11(4)12-6-8-13(9-7-12)14(16)10(2)3/h6-11H,5H2,1-4H3/t11-/m1/s1. The van der Waals surface area contributed by atoms with Crippen molar-refractivity contribution in [3.8, 4) is 0 Å². The number of hydrogen-bond donors (Lipinski definition) is 0. The van der Waals surface area contributed by atoms with E-state index in [2.05, 4.69) is 0 Å². The molecule has 1 aromatic carbocycles. The van der Waals surface area contributed by atoms with Gasteiger partial charge in [-0.3, -0.25) is 9.59 Å². The first-order chi connectivity index (χ1) is 8.47. The van der Waals surface area contributed by atoms with E-state index in [-0.39, 0.29) is 23.6 Å². The highest BCUT2D eigenvalue weighted by atomic mass is 16.5. The number of ketones is 1. The van der Waals surface area contributed by atoms with Crippen LogP contribution in [0.5, 0.6) is 0 Å². The van der Waals surface area contributed by atoms with Crippen LogP contribution < -0.4 is 0 Å². The lowest BCUT2D eigenvalue weighted by molar-refractivity contribution is -0.144. The number of benzene rings is 1. The van der Waals surface area contributed by atoms with E-state index < -0.39 is 0 Å². The second-order valence-electron chi connectivity index (χ2n) is 4.61. The van der Waals surface area contributed by atoms with E-state index in [0.717, 1.165) is 5.56 Å². The molecule has 0 spiro atoms. The van der Waals surface area contributed by atoms with Crippen molar-refractivity contribution in [2.75, 3.05) is 6.61 Å². The molecule has 0 aliphatic rings. The van der Waals surface area contributed by atoms with E-state index in [1.807, 2.05) is 26.0 Å². The topological polar surface area (TPSA) is 43.4 Å². The summed E-state index contributed by atoms with van der Waals surface area (Å²) in [5, 5.41) is 0. The van der Waals surface area contributed by atoms with E-state index in [1.165, 1.54) is 0 Å². The van der Waals surface area contributed by atoms with Gasteiger partial charge >= 0.3 is 5.97 Å². The number of Topliss-reactive ketones (excluding diaryl/α,β-unsaturated/α-hetero) is 1. The molecule has 1 rings (SSSR count). The van der Waals surface area contributed by atoms with Crippen LogP contribution in [-0.4, -0.2) is 18.4 Å². The number of rotatable bonds is 5. The zero-order chi connectivity index (χ0) is 13.7. The van der Waals surface area contributed by atoms with Crippen LogP contribution in [0.4, 0.5) is 0 Å². The first kappa shape index (κ1) is 14.4. The van der Waals surface area contributed by atoms with Crippen LogP contribution in [0.25, 0.3) is 0 Å². The van der Waals surface area contributed by atoms with E-state index in [0.29, 0.717) is 12.2 Å². The van der Waals surface area contributed by atoms with Gasteiger partial charge in [-0.15, -0.1) is 0 Å². The molecule has 0 saturated heterocycles. The second kappa shape index (κ2) is 6.34. The first-order valence-corrected chi connectivity index (χ1v) is 6.28. The summed E-state index contributed by atoms with van der Waals surface area (Å²) >= 11 is 0. The van der Waals surface area contributed by atoms with Gasteiger partial charge in [0, 0.05) is 11.5 Å². The van der Waals surface area contributed by atoms with E-state index in [9.17, 15) is 9.59 Å². The Balaban J connectivity index is 2.83. The largest absolute Gasteiger partial charge is 0.466 e. The van der Waals surface area contributed by atoms with Gasteiger partial charge in [-0.2, -0.15) is 0 Å². The van der Waals surface area contributed by atoms with E-state index in [1.54, 1.807) is 26.0 Å². The summed E-state index contributed by atoms with van der Waals surface area (Å²) in [6.07, 6.45) is 0. The van der Waals surface area contributed by atoms with Crippen LogP contribution in [0.15, 0.2) is 24.3 Å². The highest BCUT2D eigenvalue weighted by Crippen LogP contribution is 2.18. The van der Waals surface area contributed by atoms with Gasteiger partial charge in [0.1, 0.15) is 0 Å². The second-order valence-corrected chi connectivity index (χ2v) is 4.61. The van der Waals surface area contributed by atoms with Crippen molar-refractivity contribution in [2.24, 2.45) is 5.92 Å². The van der Waals surface area contributed by atoms with Gasteiger partial charge in [0.05, 0.1) is 12.5 Å². The van der Waals surface area contributed by atoms with Crippen LogP contribution in [-0.2, 0) is 9.53 Å². The Morgan fingerprint density at radius 1 is 1.11 bits per heavy atom. The molecule has 18 heavy (non-hydrogen) atoms. The van der Waals surface area contributed by atoms with Crippen LogP contribution >= 0.6 is 0 Å². The van der Waals surface area contributed by atoms with Gasteiger partial charge in [-0.1, -0.05) is 38.1 Å². The molecule has 98 valence electrons. The molecular formula is C15H20O3. The molecule has 3 nitrogen and oxygen atoms in total. The van der Waals surface area contributed by atoms with Crippen LogP contribution in [0.2, 0.25) is 0 Å². The molecule has 0 amide bonds. The Morgan fingerprint density at radius 3 is 2.11 bits per heavy atom. The van der Waals surface area contributed by atoms with Crippen molar-refractivity contribution in [1.82, 2.24) is 0 Å². The maximum Gasteiger partial charge on any atom is 0.313 e. The molecule has 0 radical (unpaired) electrons. The van der Waals surface area contributed by atoms with Gasteiger partial charge < -0.3 is 4.74 Å². The van der Waals surface area contributed by atoms with Crippen molar-refractivity contribution >= 4 is 11.8 Å². The third-order valence-corrected chi connectivity index (χ3v) is 2.86. The van der Waals surface area contributed by atoms with Gasteiger partial charge in [0.15, 0.2) is 5.78 Å². The molecule has 0 N–H and O–H groups in total.